The monoisotopic (exact) mass is 319 g/mol. The van der Waals surface area contributed by atoms with E-state index in [2.05, 4.69) is 4.90 Å². The van der Waals surface area contributed by atoms with Gasteiger partial charge in [-0.3, -0.25) is 4.90 Å². The van der Waals surface area contributed by atoms with Gasteiger partial charge in [-0.05, 0) is 49.9 Å². The van der Waals surface area contributed by atoms with Crippen LogP contribution in [0.1, 0.15) is 48.0 Å². The van der Waals surface area contributed by atoms with Crippen molar-refractivity contribution in [3.8, 4) is 5.75 Å². The maximum absolute atomic E-state index is 11.3. The van der Waals surface area contributed by atoms with Crippen LogP contribution in [0.25, 0.3) is 0 Å². The van der Waals surface area contributed by atoms with Crippen molar-refractivity contribution in [1.29, 1.82) is 0 Å². The first-order chi connectivity index (χ1) is 11.0. The van der Waals surface area contributed by atoms with Gasteiger partial charge in [0.1, 0.15) is 11.3 Å². The molecule has 1 spiro atoms. The summed E-state index contributed by atoms with van der Waals surface area (Å²) in [6, 6.07) is 5.36. The number of likely N-dealkylation sites (tertiary alicyclic amines) is 1. The van der Waals surface area contributed by atoms with E-state index < -0.39 is 5.97 Å². The van der Waals surface area contributed by atoms with Crippen LogP contribution in [0.2, 0.25) is 0 Å². The van der Waals surface area contributed by atoms with E-state index in [1.165, 1.54) is 7.11 Å². The van der Waals surface area contributed by atoms with Crippen LogP contribution in [0.15, 0.2) is 18.2 Å². The molecule has 3 rings (SSSR count). The third kappa shape index (κ3) is 3.21. The van der Waals surface area contributed by atoms with Crippen molar-refractivity contribution in [2.24, 2.45) is 5.41 Å². The van der Waals surface area contributed by atoms with Gasteiger partial charge in [0.25, 0.3) is 0 Å². The van der Waals surface area contributed by atoms with Gasteiger partial charge in [-0.15, -0.1) is 0 Å². The van der Waals surface area contributed by atoms with E-state index in [-0.39, 0.29) is 17.1 Å². The van der Waals surface area contributed by atoms with Gasteiger partial charge in [0.2, 0.25) is 0 Å². The number of hydrogen-bond donors (Lipinski definition) is 2. The molecule has 0 aromatic heterocycles. The SMILES string of the molecule is COc1ccc(CN2CCC[C@]3(CCC[C@H]3O)C2)cc1C(=O)O. The fourth-order valence-electron chi connectivity index (χ4n) is 4.27. The number of hydrogen-bond acceptors (Lipinski definition) is 4. The summed E-state index contributed by atoms with van der Waals surface area (Å²) in [5.74, 6) is -0.576. The summed E-state index contributed by atoms with van der Waals surface area (Å²) in [6.45, 7) is 2.63. The van der Waals surface area contributed by atoms with Crippen molar-refractivity contribution < 1.29 is 19.7 Å². The summed E-state index contributed by atoms with van der Waals surface area (Å²) in [7, 11) is 1.48. The second-order valence-electron chi connectivity index (χ2n) is 6.92. The van der Waals surface area contributed by atoms with E-state index in [9.17, 15) is 15.0 Å². The Hall–Kier alpha value is -1.59. The lowest BCUT2D eigenvalue weighted by Crippen LogP contribution is -2.46. The molecule has 0 amide bonds. The molecule has 5 nitrogen and oxygen atoms in total. The van der Waals surface area contributed by atoms with Crippen molar-refractivity contribution >= 4 is 5.97 Å². The van der Waals surface area contributed by atoms with Crippen LogP contribution in [0.4, 0.5) is 0 Å². The fraction of sp³-hybridized carbons (Fsp3) is 0.611. The lowest BCUT2D eigenvalue weighted by molar-refractivity contribution is -0.0120. The molecule has 2 fully saturated rings. The number of benzene rings is 1. The summed E-state index contributed by atoms with van der Waals surface area (Å²) in [4.78, 5) is 13.7. The van der Waals surface area contributed by atoms with Gasteiger partial charge in [-0.1, -0.05) is 12.5 Å². The lowest BCUT2D eigenvalue weighted by atomic mass is 9.76. The summed E-state index contributed by atoms with van der Waals surface area (Å²) >= 11 is 0. The highest BCUT2D eigenvalue weighted by atomic mass is 16.5. The van der Waals surface area contributed by atoms with Crippen molar-refractivity contribution in [3.05, 3.63) is 29.3 Å². The molecular formula is C18H25NO4. The number of carboxylic acids is 1. The Morgan fingerprint density at radius 2 is 2.17 bits per heavy atom. The Morgan fingerprint density at radius 3 is 2.83 bits per heavy atom. The molecule has 1 heterocycles. The van der Waals surface area contributed by atoms with Gasteiger partial charge in [0, 0.05) is 18.5 Å². The summed E-state index contributed by atoms with van der Waals surface area (Å²) < 4.78 is 5.11. The summed E-state index contributed by atoms with van der Waals surface area (Å²) in [5, 5.41) is 19.7. The van der Waals surface area contributed by atoms with Gasteiger partial charge in [-0.25, -0.2) is 4.79 Å². The van der Waals surface area contributed by atoms with Gasteiger partial charge in [-0.2, -0.15) is 0 Å². The molecule has 0 bridgehead atoms. The highest BCUT2D eigenvalue weighted by molar-refractivity contribution is 5.91. The van der Waals surface area contributed by atoms with E-state index in [0.29, 0.717) is 5.75 Å². The maximum Gasteiger partial charge on any atom is 0.339 e. The third-order valence-electron chi connectivity index (χ3n) is 5.45. The minimum atomic E-state index is -0.968. The standard InChI is InChI=1S/C18H25NO4/c1-23-15-6-5-13(10-14(15)17(21)22)11-19-9-3-8-18(12-19)7-2-4-16(18)20/h5-6,10,16,20H,2-4,7-9,11-12H2,1H3,(H,21,22)/t16-,18-/m1/s1. The first kappa shape index (κ1) is 16.3. The average molecular weight is 319 g/mol. The molecule has 0 unspecified atom stereocenters. The Kier molecular flexibility index (Phi) is 4.60. The van der Waals surface area contributed by atoms with Crippen LogP contribution in [0.5, 0.6) is 5.75 Å². The molecule has 23 heavy (non-hydrogen) atoms. The van der Waals surface area contributed by atoms with E-state index in [1.807, 2.05) is 6.07 Å². The Bertz CT molecular complexity index is 588. The number of carbonyl (C=O) groups is 1. The van der Waals surface area contributed by atoms with E-state index >= 15 is 0 Å². The molecule has 2 N–H and O–H groups in total. The Morgan fingerprint density at radius 1 is 1.39 bits per heavy atom. The van der Waals surface area contributed by atoms with Gasteiger partial charge in [0.15, 0.2) is 0 Å². The van der Waals surface area contributed by atoms with Crippen molar-refractivity contribution in [1.82, 2.24) is 4.90 Å². The van der Waals surface area contributed by atoms with Gasteiger partial charge < -0.3 is 14.9 Å². The molecule has 1 saturated heterocycles. The fourth-order valence-corrected chi connectivity index (χ4v) is 4.27. The number of carboxylic acid groups (broad SMARTS) is 1. The molecule has 2 aliphatic rings. The number of rotatable bonds is 4. The number of ether oxygens (including phenoxy) is 1. The Labute approximate surface area is 136 Å². The first-order valence-corrected chi connectivity index (χ1v) is 8.35. The second-order valence-corrected chi connectivity index (χ2v) is 6.92. The normalized spacial score (nSPS) is 28.2. The zero-order chi connectivity index (χ0) is 16.4. The van der Waals surface area contributed by atoms with Crippen LogP contribution >= 0.6 is 0 Å². The predicted octanol–water partition coefficient (Wildman–Crippen LogP) is 2.52. The zero-order valence-corrected chi connectivity index (χ0v) is 13.6. The highest BCUT2D eigenvalue weighted by Gasteiger charge is 2.44. The molecule has 1 aliphatic carbocycles. The molecule has 5 heteroatoms. The largest absolute Gasteiger partial charge is 0.496 e. The molecule has 1 saturated carbocycles. The van der Waals surface area contributed by atoms with Crippen LogP contribution in [-0.2, 0) is 6.54 Å². The minimum absolute atomic E-state index is 0.0559. The van der Waals surface area contributed by atoms with Gasteiger partial charge >= 0.3 is 5.97 Å². The number of aromatic carboxylic acids is 1. The van der Waals surface area contributed by atoms with Gasteiger partial charge in [0.05, 0.1) is 13.2 Å². The number of piperidine rings is 1. The quantitative estimate of drug-likeness (QED) is 0.892. The predicted molar refractivity (Wildman–Crippen MR) is 86.8 cm³/mol. The topological polar surface area (TPSA) is 70.0 Å². The molecule has 1 aromatic rings. The Balaban J connectivity index is 1.74. The number of aliphatic hydroxyl groups is 1. The van der Waals surface area contributed by atoms with E-state index in [0.717, 1.165) is 57.3 Å². The molecule has 2 atom stereocenters. The molecule has 0 radical (unpaired) electrons. The minimum Gasteiger partial charge on any atom is -0.496 e. The smallest absolute Gasteiger partial charge is 0.339 e. The maximum atomic E-state index is 11.3. The van der Waals surface area contributed by atoms with Crippen molar-refractivity contribution in [2.75, 3.05) is 20.2 Å². The number of aliphatic hydroxyl groups excluding tert-OH is 1. The third-order valence-corrected chi connectivity index (χ3v) is 5.45. The van der Waals surface area contributed by atoms with Crippen LogP contribution in [-0.4, -0.2) is 47.4 Å². The van der Waals surface area contributed by atoms with Crippen LogP contribution in [0.3, 0.4) is 0 Å². The summed E-state index contributed by atoms with van der Waals surface area (Å²) in [5.41, 5.74) is 1.24. The summed E-state index contributed by atoms with van der Waals surface area (Å²) in [6.07, 6.45) is 5.15. The van der Waals surface area contributed by atoms with E-state index in [4.69, 9.17) is 4.74 Å². The molecular weight excluding hydrogens is 294 g/mol. The first-order valence-electron chi connectivity index (χ1n) is 8.35. The molecule has 1 aromatic carbocycles. The van der Waals surface area contributed by atoms with E-state index in [1.54, 1.807) is 12.1 Å². The average Bonchev–Trinajstić information content (AvgIpc) is 2.87. The van der Waals surface area contributed by atoms with Crippen LogP contribution in [0, 0.1) is 5.41 Å². The lowest BCUT2D eigenvalue weighted by Gasteiger charge is -2.42. The second kappa shape index (κ2) is 6.49. The van der Waals surface area contributed by atoms with Crippen molar-refractivity contribution in [3.63, 3.8) is 0 Å². The van der Waals surface area contributed by atoms with Crippen molar-refractivity contribution in [2.45, 2.75) is 44.8 Å². The number of methoxy groups -OCH3 is 1. The zero-order valence-electron chi connectivity index (χ0n) is 13.6. The molecule has 126 valence electrons. The number of nitrogens with zero attached hydrogens (tertiary/aromatic N) is 1. The van der Waals surface area contributed by atoms with Crippen LogP contribution < -0.4 is 4.74 Å². The highest BCUT2D eigenvalue weighted by Crippen LogP contribution is 2.45. The molecule has 1 aliphatic heterocycles.